The molecule has 0 spiro atoms. The SMILES string of the molecule is NC(CCC(=O)NC(CS)C(=O)[N]CC(=O)OC1=NC=CCC1=S)C(=O)O. The van der Waals surface area contributed by atoms with Crippen molar-refractivity contribution in [3.8, 4) is 0 Å². The van der Waals surface area contributed by atoms with Gasteiger partial charge in [-0.1, -0.05) is 18.3 Å². The largest absolute Gasteiger partial charge is 0.480 e. The molecule has 0 bridgehead atoms. The Labute approximate surface area is 166 Å². The number of aliphatic imine (C=N–C) groups is 1. The zero-order valence-corrected chi connectivity index (χ0v) is 15.9. The van der Waals surface area contributed by atoms with Gasteiger partial charge in [-0.15, -0.1) is 0 Å². The molecule has 0 saturated heterocycles. The van der Waals surface area contributed by atoms with E-state index in [1.807, 2.05) is 0 Å². The summed E-state index contributed by atoms with van der Waals surface area (Å²) in [5.74, 6) is -3.46. The van der Waals surface area contributed by atoms with Gasteiger partial charge >= 0.3 is 11.9 Å². The topological polar surface area (TPSA) is 162 Å². The number of rotatable bonds is 9. The van der Waals surface area contributed by atoms with Crippen molar-refractivity contribution in [3.05, 3.63) is 12.3 Å². The molecule has 2 unspecified atom stereocenters. The van der Waals surface area contributed by atoms with Crippen molar-refractivity contribution in [3.63, 3.8) is 0 Å². The number of nitrogens with two attached hydrogens (primary N) is 1. The number of amides is 2. The van der Waals surface area contributed by atoms with E-state index in [9.17, 15) is 19.2 Å². The average molecular weight is 415 g/mol. The van der Waals surface area contributed by atoms with Gasteiger partial charge in [0.05, 0.1) is 4.86 Å². The molecule has 12 heteroatoms. The van der Waals surface area contributed by atoms with Gasteiger partial charge in [0, 0.05) is 24.8 Å². The number of nitrogens with zero attached hydrogens (tertiary/aromatic N) is 2. The molecule has 0 saturated carbocycles. The molecule has 1 radical (unpaired) electrons. The van der Waals surface area contributed by atoms with E-state index in [1.54, 1.807) is 6.08 Å². The number of thiocarbonyl (C=S) groups is 1. The van der Waals surface area contributed by atoms with E-state index in [4.69, 9.17) is 27.8 Å². The number of hydrogen-bond donors (Lipinski definition) is 4. The van der Waals surface area contributed by atoms with Gasteiger partial charge < -0.3 is 20.9 Å². The van der Waals surface area contributed by atoms with Crippen LogP contribution in [0.25, 0.3) is 0 Å². The Bertz CT molecular complexity index is 679. The summed E-state index contributed by atoms with van der Waals surface area (Å²) in [6.45, 7) is -0.575. The third-order valence-electron chi connectivity index (χ3n) is 3.23. The van der Waals surface area contributed by atoms with Crippen LogP contribution in [0.3, 0.4) is 0 Å². The molecule has 2 amide bonds. The summed E-state index contributed by atoms with van der Waals surface area (Å²) in [5.41, 5.74) is 5.30. The zero-order valence-electron chi connectivity index (χ0n) is 14.2. The maximum absolute atomic E-state index is 12.0. The molecule has 1 aliphatic heterocycles. The second kappa shape index (κ2) is 11.4. The lowest BCUT2D eigenvalue weighted by Crippen LogP contribution is -2.47. The van der Waals surface area contributed by atoms with Crippen LogP contribution in [0.4, 0.5) is 0 Å². The maximum Gasteiger partial charge on any atom is 0.334 e. The first-order valence-corrected chi connectivity index (χ1v) is 8.85. The lowest BCUT2D eigenvalue weighted by atomic mass is 10.1. The summed E-state index contributed by atoms with van der Waals surface area (Å²) in [6.07, 6.45) is 3.31. The van der Waals surface area contributed by atoms with Crippen LogP contribution in [-0.2, 0) is 23.9 Å². The van der Waals surface area contributed by atoms with Crippen molar-refractivity contribution in [1.82, 2.24) is 10.6 Å². The third-order valence-corrected chi connectivity index (χ3v) is 3.94. The molecule has 1 rings (SSSR count). The Morgan fingerprint density at radius 1 is 1.44 bits per heavy atom. The molecule has 2 atom stereocenters. The fourth-order valence-electron chi connectivity index (χ4n) is 1.78. The molecule has 1 heterocycles. The summed E-state index contributed by atoms with van der Waals surface area (Å²) < 4.78 is 4.93. The van der Waals surface area contributed by atoms with Crippen molar-refractivity contribution in [2.24, 2.45) is 10.7 Å². The predicted octanol–water partition coefficient (Wildman–Crippen LogP) is -1.05. The van der Waals surface area contributed by atoms with Crippen molar-refractivity contribution in [2.75, 3.05) is 12.3 Å². The number of aliphatic carboxylic acids is 1. The Morgan fingerprint density at radius 3 is 2.74 bits per heavy atom. The highest BCUT2D eigenvalue weighted by molar-refractivity contribution is 7.82. The normalized spacial score (nSPS) is 15.3. The third kappa shape index (κ3) is 8.28. The minimum atomic E-state index is -1.23. The van der Waals surface area contributed by atoms with Crippen LogP contribution in [0.2, 0.25) is 0 Å². The molecule has 0 fully saturated rings. The van der Waals surface area contributed by atoms with Crippen LogP contribution in [0.5, 0.6) is 0 Å². The van der Waals surface area contributed by atoms with Crippen LogP contribution < -0.4 is 16.4 Å². The van der Waals surface area contributed by atoms with E-state index in [0.29, 0.717) is 11.3 Å². The molecule has 0 aromatic carbocycles. The van der Waals surface area contributed by atoms with Gasteiger partial charge in [-0.05, 0) is 6.42 Å². The highest BCUT2D eigenvalue weighted by Crippen LogP contribution is 2.03. The quantitative estimate of drug-likeness (QED) is 0.211. The number of carboxylic acids is 1. The molecule has 10 nitrogen and oxygen atoms in total. The minimum Gasteiger partial charge on any atom is -0.480 e. The van der Waals surface area contributed by atoms with E-state index in [1.165, 1.54) is 6.20 Å². The predicted molar refractivity (Wildman–Crippen MR) is 103 cm³/mol. The summed E-state index contributed by atoms with van der Waals surface area (Å²) in [4.78, 5) is 50.3. The first kappa shape index (κ1) is 22.7. The van der Waals surface area contributed by atoms with Gasteiger partial charge in [-0.2, -0.15) is 12.6 Å². The van der Waals surface area contributed by atoms with E-state index in [2.05, 4.69) is 28.3 Å². The van der Waals surface area contributed by atoms with Crippen molar-refractivity contribution in [2.45, 2.75) is 31.3 Å². The second-order valence-electron chi connectivity index (χ2n) is 5.36. The summed E-state index contributed by atoms with van der Waals surface area (Å²) in [7, 11) is 0. The average Bonchev–Trinajstić information content (AvgIpc) is 2.63. The van der Waals surface area contributed by atoms with Crippen LogP contribution >= 0.6 is 24.8 Å². The highest BCUT2D eigenvalue weighted by atomic mass is 32.1. The second-order valence-corrected chi connectivity index (χ2v) is 6.22. The van der Waals surface area contributed by atoms with E-state index < -0.39 is 42.4 Å². The van der Waals surface area contributed by atoms with Crippen molar-refractivity contribution < 1.29 is 29.0 Å². The number of carboxylic acid groups (broad SMARTS) is 1. The lowest BCUT2D eigenvalue weighted by Gasteiger charge is -2.15. The molecule has 0 aliphatic carbocycles. The maximum atomic E-state index is 12.0. The van der Waals surface area contributed by atoms with E-state index in [0.717, 1.165) is 0 Å². The Hall–Kier alpha value is -2.31. The number of carbonyl (C=O) groups excluding carboxylic acids is 3. The Morgan fingerprint density at radius 2 is 2.15 bits per heavy atom. The minimum absolute atomic E-state index is 0.00559. The summed E-state index contributed by atoms with van der Waals surface area (Å²) in [5, 5.41) is 14.6. The first-order valence-electron chi connectivity index (χ1n) is 7.81. The lowest BCUT2D eigenvalue weighted by molar-refractivity contribution is -0.139. The molecule has 147 valence electrons. The number of allylic oxidation sites excluding steroid dienone is 1. The summed E-state index contributed by atoms with van der Waals surface area (Å²) >= 11 is 8.95. The van der Waals surface area contributed by atoms with Gasteiger partial charge in [-0.3, -0.25) is 14.4 Å². The molecular formula is C15H19N4O6S2. The zero-order chi connectivity index (χ0) is 20.4. The number of carbonyl (C=O) groups is 4. The van der Waals surface area contributed by atoms with Crippen LogP contribution in [0.15, 0.2) is 17.3 Å². The number of nitrogens with one attached hydrogen (secondary N) is 1. The molecule has 0 aromatic rings. The number of thiol groups is 1. The molecule has 27 heavy (non-hydrogen) atoms. The molecule has 4 N–H and O–H groups in total. The van der Waals surface area contributed by atoms with Gasteiger partial charge in [0.25, 0.3) is 5.91 Å². The fourth-order valence-corrected chi connectivity index (χ4v) is 2.22. The van der Waals surface area contributed by atoms with E-state index >= 15 is 0 Å². The first-order chi connectivity index (χ1) is 12.7. The molecular weight excluding hydrogens is 396 g/mol. The number of esters is 1. The van der Waals surface area contributed by atoms with E-state index in [-0.39, 0.29) is 24.5 Å². The smallest absolute Gasteiger partial charge is 0.334 e. The van der Waals surface area contributed by atoms with Crippen LogP contribution in [-0.4, -0.2) is 64.0 Å². The van der Waals surface area contributed by atoms with Gasteiger partial charge in [-0.25, -0.2) is 15.1 Å². The van der Waals surface area contributed by atoms with Gasteiger partial charge in [0.1, 0.15) is 18.6 Å². The van der Waals surface area contributed by atoms with Gasteiger partial charge in [0.15, 0.2) is 0 Å². The van der Waals surface area contributed by atoms with Gasteiger partial charge in [0.2, 0.25) is 11.8 Å². The monoisotopic (exact) mass is 415 g/mol. The van der Waals surface area contributed by atoms with Crippen molar-refractivity contribution >= 4 is 59.4 Å². The Kier molecular flexibility index (Phi) is 9.61. The Balaban J connectivity index is 2.41. The molecule has 1 aliphatic rings. The summed E-state index contributed by atoms with van der Waals surface area (Å²) in [6, 6.07) is -2.24. The van der Waals surface area contributed by atoms with Crippen molar-refractivity contribution in [1.29, 1.82) is 0 Å². The fraction of sp³-hybridized carbons (Fsp3) is 0.467. The number of ether oxygens (including phenoxy) is 1. The van der Waals surface area contributed by atoms with Crippen LogP contribution in [0, 0.1) is 0 Å². The number of hydrogen-bond acceptors (Lipinski definition) is 9. The highest BCUT2D eigenvalue weighted by Gasteiger charge is 2.23. The molecule has 0 aromatic heterocycles. The van der Waals surface area contributed by atoms with Crippen LogP contribution in [0.1, 0.15) is 19.3 Å². The standard InChI is InChI=1S/C15H19N4O6S2/c16-8(15(23)24)3-4-11(20)19-9(7-26)13(22)18-6-12(21)25-14-10(27)2-1-5-17-14/h1,5,8-9,26H,2-4,6-7,16H2,(H,19,20)(H,23,24).